The van der Waals surface area contributed by atoms with Crippen molar-refractivity contribution < 1.29 is 38.1 Å². The topological polar surface area (TPSA) is 107 Å². The van der Waals surface area contributed by atoms with E-state index in [1.807, 2.05) is 0 Å². The monoisotopic (exact) mass is 444 g/mol. The summed E-state index contributed by atoms with van der Waals surface area (Å²) in [5.41, 5.74) is -1.69. The standard InChI is InChI=1S/C24H28O8/c1-20(2,3)19(27)28-8-7-22-15(31-22)16-24(32-16)21(4)6-5-11-12(10-29-17(11)25)13(21)9-14-23(24,30-14)18(22)26/h13-16H,5-10H2,1-4H3/t13-,14-,15-,16-,21-,22-,23+,24+/m0/s1. The Morgan fingerprint density at radius 3 is 2.69 bits per heavy atom. The van der Waals surface area contributed by atoms with Crippen LogP contribution in [0.3, 0.4) is 0 Å². The number of carbonyl (C=O) groups excluding carboxylic acids is 3. The molecule has 3 saturated heterocycles. The quantitative estimate of drug-likeness (QED) is 0.478. The third-order valence-electron chi connectivity index (χ3n) is 9.36. The number of cyclic esters (lactones) is 1. The minimum absolute atomic E-state index is 0.0428. The van der Waals surface area contributed by atoms with Gasteiger partial charge in [-0.25, -0.2) is 4.79 Å². The molecule has 172 valence electrons. The van der Waals surface area contributed by atoms with Gasteiger partial charge in [-0.15, -0.1) is 0 Å². The summed E-state index contributed by atoms with van der Waals surface area (Å²) in [6, 6.07) is 0. The molecule has 32 heavy (non-hydrogen) atoms. The molecule has 2 spiro atoms. The number of carbonyl (C=O) groups is 3. The molecular formula is C24H28O8. The maximum absolute atomic E-state index is 13.9. The van der Waals surface area contributed by atoms with E-state index in [-0.39, 0.29) is 54.0 Å². The summed E-state index contributed by atoms with van der Waals surface area (Å²) >= 11 is 0. The van der Waals surface area contributed by atoms with Crippen molar-refractivity contribution in [2.75, 3.05) is 13.2 Å². The van der Waals surface area contributed by atoms with Crippen molar-refractivity contribution >= 4 is 17.7 Å². The molecule has 0 aromatic rings. The van der Waals surface area contributed by atoms with E-state index in [0.717, 1.165) is 17.6 Å². The molecule has 8 nitrogen and oxygen atoms in total. The van der Waals surface area contributed by atoms with E-state index in [1.165, 1.54) is 0 Å². The summed E-state index contributed by atoms with van der Waals surface area (Å²) in [6.07, 6.45) is 1.64. The van der Waals surface area contributed by atoms with Crippen LogP contribution in [0.4, 0.5) is 0 Å². The number of esters is 2. The fraction of sp³-hybridized carbons (Fsp3) is 0.792. The molecule has 7 rings (SSSR count). The van der Waals surface area contributed by atoms with Crippen LogP contribution >= 0.6 is 0 Å². The largest absolute Gasteiger partial charge is 0.465 e. The fourth-order valence-corrected chi connectivity index (χ4v) is 7.57. The second kappa shape index (κ2) is 5.31. The maximum Gasteiger partial charge on any atom is 0.334 e. The smallest absolute Gasteiger partial charge is 0.334 e. The Labute approximate surface area is 185 Å². The Kier molecular flexibility index (Phi) is 3.27. The summed E-state index contributed by atoms with van der Waals surface area (Å²) < 4.78 is 29.6. The fourth-order valence-electron chi connectivity index (χ4n) is 7.57. The predicted molar refractivity (Wildman–Crippen MR) is 106 cm³/mol. The van der Waals surface area contributed by atoms with Crippen LogP contribution < -0.4 is 0 Å². The van der Waals surface area contributed by atoms with Gasteiger partial charge in [0.2, 0.25) is 5.78 Å². The van der Waals surface area contributed by atoms with Crippen LogP contribution in [0.2, 0.25) is 0 Å². The molecule has 4 heterocycles. The zero-order valence-electron chi connectivity index (χ0n) is 18.8. The van der Waals surface area contributed by atoms with Crippen molar-refractivity contribution in [3.63, 3.8) is 0 Å². The first kappa shape index (κ1) is 19.7. The van der Waals surface area contributed by atoms with Crippen molar-refractivity contribution in [1.82, 2.24) is 0 Å². The molecule has 3 aliphatic carbocycles. The average Bonchev–Trinajstić information content (AvgIpc) is 3.62. The molecule has 8 heteroatoms. The Hall–Kier alpha value is -1.77. The number of ketones is 1. The van der Waals surface area contributed by atoms with Gasteiger partial charge in [0.25, 0.3) is 0 Å². The minimum atomic E-state index is -0.981. The van der Waals surface area contributed by atoms with Crippen LogP contribution in [0, 0.1) is 16.7 Å². The van der Waals surface area contributed by atoms with Gasteiger partial charge in [0.1, 0.15) is 24.4 Å². The van der Waals surface area contributed by atoms with Crippen LogP contribution in [0.25, 0.3) is 0 Å². The van der Waals surface area contributed by atoms with E-state index in [9.17, 15) is 14.4 Å². The molecule has 7 aliphatic rings. The van der Waals surface area contributed by atoms with Gasteiger partial charge in [-0.3, -0.25) is 9.59 Å². The highest BCUT2D eigenvalue weighted by Gasteiger charge is 3.00. The van der Waals surface area contributed by atoms with E-state index < -0.39 is 22.2 Å². The van der Waals surface area contributed by atoms with Crippen LogP contribution in [-0.4, -0.2) is 66.1 Å². The van der Waals surface area contributed by atoms with Gasteiger partial charge in [-0.1, -0.05) is 6.92 Å². The Bertz CT molecular complexity index is 1040. The lowest BCUT2D eigenvalue weighted by molar-refractivity contribution is -0.154. The van der Waals surface area contributed by atoms with Crippen LogP contribution in [0.1, 0.15) is 53.4 Å². The molecule has 0 bridgehead atoms. The third kappa shape index (κ3) is 1.89. The summed E-state index contributed by atoms with van der Waals surface area (Å²) in [6.45, 7) is 8.07. The van der Waals surface area contributed by atoms with Crippen molar-refractivity contribution in [3.8, 4) is 0 Å². The van der Waals surface area contributed by atoms with E-state index in [4.69, 9.17) is 23.7 Å². The number of fused-ring (bicyclic) bond motifs is 4. The van der Waals surface area contributed by atoms with Crippen molar-refractivity contribution in [2.24, 2.45) is 16.7 Å². The lowest BCUT2D eigenvalue weighted by Crippen LogP contribution is -2.67. The predicted octanol–water partition coefficient (Wildman–Crippen LogP) is 1.63. The van der Waals surface area contributed by atoms with Crippen LogP contribution in [-0.2, 0) is 38.1 Å². The first-order valence-electron chi connectivity index (χ1n) is 11.7. The molecule has 0 radical (unpaired) electrons. The molecule has 0 aromatic carbocycles. The van der Waals surface area contributed by atoms with Gasteiger partial charge >= 0.3 is 11.9 Å². The molecule has 4 aliphatic heterocycles. The van der Waals surface area contributed by atoms with Crippen LogP contribution in [0.5, 0.6) is 0 Å². The lowest BCUT2D eigenvalue weighted by Gasteiger charge is -2.51. The molecule has 8 atom stereocenters. The molecule has 0 N–H and O–H groups in total. The summed E-state index contributed by atoms with van der Waals surface area (Å²) in [5.74, 6) is -0.429. The molecule has 0 unspecified atom stereocenters. The highest BCUT2D eigenvalue weighted by atomic mass is 16.7. The molecular weight excluding hydrogens is 416 g/mol. The number of rotatable bonds is 3. The Balaban J connectivity index is 1.19. The molecule has 0 amide bonds. The number of hydrogen-bond donors (Lipinski definition) is 0. The maximum atomic E-state index is 13.9. The summed E-state index contributed by atoms with van der Waals surface area (Å²) in [7, 11) is 0. The van der Waals surface area contributed by atoms with Crippen molar-refractivity contribution in [3.05, 3.63) is 11.1 Å². The van der Waals surface area contributed by atoms with Crippen molar-refractivity contribution in [1.29, 1.82) is 0 Å². The Morgan fingerprint density at radius 2 is 1.94 bits per heavy atom. The van der Waals surface area contributed by atoms with Gasteiger partial charge in [0, 0.05) is 17.4 Å². The second-order valence-corrected chi connectivity index (χ2v) is 11.8. The normalized spacial score (nSPS) is 51.4. The Morgan fingerprint density at radius 1 is 1.16 bits per heavy atom. The second-order valence-electron chi connectivity index (χ2n) is 11.8. The van der Waals surface area contributed by atoms with Crippen molar-refractivity contribution in [2.45, 2.75) is 88.5 Å². The first-order valence-corrected chi connectivity index (χ1v) is 11.7. The number of epoxide rings is 3. The van der Waals surface area contributed by atoms with E-state index in [2.05, 4.69) is 6.92 Å². The molecule has 2 saturated carbocycles. The third-order valence-corrected chi connectivity index (χ3v) is 9.36. The SMILES string of the molecule is CC(C)(C)C(=O)OCC[C@]12O[C@H]1[C@@H]1O[C@@]13[C@@]1(C)CCC4=C(COC4=O)[C@@H]1C[C@@H]1O[C@@]13C2=O. The number of Topliss-reactive ketones (excluding diaryl/α,β-unsaturated/α-hetero) is 1. The molecule has 0 aromatic heterocycles. The summed E-state index contributed by atoms with van der Waals surface area (Å²) in [4.78, 5) is 38.2. The highest BCUT2D eigenvalue weighted by molar-refractivity contribution is 6.05. The van der Waals surface area contributed by atoms with Crippen LogP contribution in [0.15, 0.2) is 11.1 Å². The van der Waals surface area contributed by atoms with Gasteiger partial charge in [-0.05, 0) is 51.5 Å². The zero-order valence-corrected chi connectivity index (χ0v) is 18.8. The first-order chi connectivity index (χ1) is 15.0. The number of ether oxygens (including phenoxy) is 5. The van der Waals surface area contributed by atoms with E-state index in [0.29, 0.717) is 25.9 Å². The van der Waals surface area contributed by atoms with Gasteiger partial charge in [-0.2, -0.15) is 0 Å². The van der Waals surface area contributed by atoms with Gasteiger partial charge < -0.3 is 23.7 Å². The number of hydrogen-bond acceptors (Lipinski definition) is 8. The van der Waals surface area contributed by atoms with Gasteiger partial charge in [0.15, 0.2) is 11.2 Å². The average molecular weight is 444 g/mol. The van der Waals surface area contributed by atoms with E-state index >= 15 is 0 Å². The molecule has 5 fully saturated rings. The highest BCUT2D eigenvalue weighted by Crippen LogP contribution is 2.81. The zero-order chi connectivity index (χ0) is 22.5. The van der Waals surface area contributed by atoms with E-state index in [1.54, 1.807) is 20.8 Å². The summed E-state index contributed by atoms with van der Waals surface area (Å²) in [5, 5.41) is 0. The lowest BCUT2D eigenvalue weighted by atomic mass is 9.47. The van der Waals surface area contributed by atoms with Gasteiger partial charge in [0.05, 0.1) is 18.1 Å². The minimum Gasteiger partial charge on any atom is -0.465 e.